The van der Waals surface area contributed by atoms with Crippen LogP contribution in [-0.2, 0) is 14.3 Å². The van der Waals surface area contributed by atoms with Gasteiger partial charge >= 0.3 is 5.97 Å². The second kappa shape index (κ2) is 6.89. The summed E-state index contributed by atoms with van der Waals surface area (Å²) in [6, 6.07) is -0.0604. The quantitative estimate of drug-likeness (QED) is 0.767. The summed E-state index contributed by atoms with van der Waals surface area (Å²) in [5.41, 5.74) is 5.39. The maximum absolute atomic E-state index is 12.6. The molecule has 5 heteroatoms. The van der Waals surface area contributed by atoms with E-state index < -0.39 is 5.54 Å². The third-order valence-electron chi connectivity index (χ3n) is 4.21. The second-order valence-electron chi connectivity index (χ2n) is 5.29. The molecule has 1 heterocycles. The Labute approximate surface area is 115 Å². The maximum atomic E-state index is 12.6. The van der Waals surface area contributed by atoms with Crippen molar-refractivity contribution in [3.05, 3.63) is 0 Å². The van der Waals surface area contributed by atoms with E-state index in [1.165, 1.54) is 7.11 Å². The van der Waals surface area contributed by atoms with Crippen LogP contribution in [0.3, 0.4) is 0 Å². The highest BCUT2D eigenvalue weighted by atomic mass is 16.5. The molecule has 1 amide bonds. The van der Waals surface area contributed by atoms with Crippen molar-refractivity contribution in [2.24, 2.45) is 5.73 Å². The lowest BCUT2D eigenvalue weighted by molar-refractivity contribution is -0.147. The van der Waals surface area contributed by atoms with Crippen molar-refractivity contribution < 1.29 is 14.3 Å². The molecule has 110 valence electrons. The lowest BCUT2D eigenvalue weighted by Gasteiger charge is -2.40. The molecule has 0 bridgehead atoms. The summed E-state index contributed by atoms with van der Waals surface area (Å²) in [5, 5.41) is 0. The predicted octanol–water partition coefficient (Wildman–Crippen LogP) is 1.45. The van der Waals surface area contributed by atoms with Gasteiger partial charge in [-0.15, -0.1) is 0 Å². The summed E-state index contributed by atoms with van der Waals surface area (Å²) in [4.78, 5) is 25.9. The predicted molar refractivity (Wildman–Crippen MR) is 73.5 cm³/mol. The lowest BCUT2D eigenvalue weighted by atomic mass is 9.89. The maximum Gasteiger partial charge on any atom is 0.307 e. The molecule has 0 aromatic rings. The van der Waals surface area contributed by atoms with Gasteiger partial charge in [-0.2, -0.15) is 0 Å². The van der Waals surface area contributed by atoms with Crippen LogP contribution in [0, 0.1) is 0 Å². The zero-order chi connectivity index (χ0) is 14.5. The highest BCUT2D eigenvalue weighted by Gasteiger charge is 2.38. The summed E-state index contributed by atoms with van der Waals surface area (Å²) in [5.74, 6) is -0.286. The van der Waals surface area contributed by atoms with E-state index in [9.17, 15) is 9.59 Å². The van der Waals surface area contributed by atoms with E-state index in [2.05, 4.69) is 0 Å². The molecule has 0 aliphatic carbocycles. The highest BCUT2D eigenvalue weighted by molar-refractivity contribution is 5.87. The summed E-state index contributed by atoms with van der Waals surface area (Å²) in [6.07, 6.45) is 4.37. The standard InChI is InChI=1S/C14H26N2O3/c1-4-14(15,5-2)13(18)16-9-7-6-8-11(16)10-12(17)19-3/h11H,4-10,15H2,1-3H3. The molecule has 1 unspecified atom stereocenters. The van der Waals surface area contributed by atoms with Crippen molar-refractivity contribution in [1.82, 2.24) is 4.90 Å². The molecule has 0 aromatic heterocycles. The van der Waals surface area contributed by atoms with E-state index >= 15 is 0 Å². The van der Waals surface area contributed by atoms with Crippen molar-refractivity contribution in [3.63, 3.8) is 0 Å². The number of carbonyl (C=O) groups is 2. The fourth-order valence-corrected chi connectivity index (χ4v) is 2.59. The van der Waals surface area contributed by atoms with Crippen LogP contribution in [0.4, 0.5) is 0 Å². The van der Waals surface area contributed by atoms with Crippen LogP contribution < -0.4 is 5.73 Å². The Morgan fingerprint density at radius 2 is 1.95 bits per heavy atom. The summed E-state index contributed by atoms with van der Waals surface area (Å²) in [6.45, 7) is 4.56. The summed E-state index contributed by atoms with van der Waals surface area (Å²) < 4.78 is 4.71. The van der Waals surface area contributed by atoms with Crippen LogP contribution >= 0.6 is 0 Å². The molecule has 0 spiro atoms. The molecule has 1 fully saturated rings. The van der Waals surface area contributed by atoms with Gasteiger partial charge in [-0.1, -0.05) is 13.8 Å². The SMILES string of the molecule is CCC(N)(CC)C(=O)N1CCCCC1CC(=O)OC. The zero-order valence-electron chi connectivity index (χ0n) is 12.3. The Hall–Kier alpha value is -1.10. The first kappa shape index (κ1) is 16.0. The van der Waals surface area contributed by atoms with Gasteiger partial charge in [0, 0.05) is 12.6 Å². The first-order valence-corrected chi connectivity index (χ1v) is 7.15. The third kappa shape index (κ3) is 3.69. The molecule has 0 aromatic carbocycles. The Morgan fingerprint density at radius 1 is 1.32 bits per heavy atom. The van der Waals surface area contributed by atoms with Crippen LogP contribution in [0.25, 0.3) is 0 Å². The minimum atomic E-state index is -0.800. The largest absolute Gasteiger partial charge is 0.469 e. The fraction of sp³-hybridized carbons (Fsp3) is 0.857. The van der Waals surface area contributed by atoms with Gasteiger partial charge in [0.25, 0.3) is 0 Å². The van der Waals surface area contributed by atoms with Gasteiger partial charge in [-0.3, -0.25) is 9.59 Å². The number of amides is 1. The van der Waals surface area contributed by atoms with Gasteiger partial charge in [0.2, 0.25) is 5.91 Å². The number of methoxy groups -OCH3 is 1. The smallest absolute Gasteiger partial charge is 0.307 e. The monoisotopic (exact) mass is 270 g/mol. The molecule has 1 rings (SSSR count). The normalized spacial score (nSPS) is 20.2. The van der Waals surface area contributed by atoms with Crippen LogP contribution in [-0.4, -0.2) is 42.0 Å². The number of carbonyl (C=O) groups excluding carboxylic acids is 2. The number of hydrogen-bond donors (Lipinski definition) is 1. The van der Waals surface area contributed by atoms with E-state index in [0.29, 0.717) is 19.4 Å². The molecule has 0 radical (unpaired) electrons. The first-order valence-electron chi connectivity index (χ1n) is 7.15. The van der Waals surface area contributed by atoms with Gasteiger partial charge in [0.05, 0.1) is 19.1 Å². The van der Waals surface area contributed by atoms with Gasteiger partial charge in [0.1, 0.15) is 0 Å². The fourth-order valence-electron chi connectivity index (χ4n) is 2.59. The van der Waals surface area contributed by atoms with Gasteiger partial charge in [-0.05, 0) is 32.1 Å². The average Bonchev–Trinajstić information content (AvgIpc) is 2.46. The number of nitrogens with zero attached hydrogens (tertiary/aromatic N) is 1. The number of nitrogens with two attached hydrogens (primary N) is 1. The minimum absolute atomic E-state index is 0.0221. The van der Waals surface area contributed by atoms with Crippen LogP contribution in [0.15, 0.2) is 0 Å². The van der Waals surface area contributed by atoms with Crippen molar-refractivity contribution >= 4 is 11.9 Å². The van der Waals surface area contributed by atoms with Crippen molar-refractivity contribution in [3.8, 4) is 0 Å². The molecule has 2 N–H and O–H groups in total. The van der Waals surface area contributed by atoms with E-state index in [-0.39, 0.29) is 24.3 Å². The Kier molecular flexibility index (Phi) is 5.79. The molecular formula is C14H26N2O3. The molecule has 1 atom stereocenters. The van der Waals surface area contributed by atoms with Crippen LogP contribution in [0.2, 0.25) is 0 Å². The third-order valence-corrected chi connectivity index (χ3v) is 4.21. The van der Waals surface area contributed by atoms with Gasteiger partial charge in [-0.25, -0.2) is 0 Å². The Balaban J connectivity index is 2.81. The van der Waals surface area contributed by atoms with E-state index in [1.54, 1.807) is 4.90 Å². The Bertz CT molecular complexity index is 327. The topological polar surface area (TPSA) is 72.6 Å². The minimum Gasteiger partial charge on any atom is -0.469 e. The summed E-state index contributed by atoms with van der Waals surface area (Å²) >= 11 is 0. The lowest BCUT2D eigenvalue weighted by Crippen LogP contribution is -2.58. The number of esters is 1. The highest BCUT2D eigenvalue weighted by Crippen LogP contribution is 2.25. The molecular weight excluding hydrogens is 244 g/mol. The molecule has 0 saturated carbocycles. The number of ether oxygens (including phenoxy) is 1. The van der Waals surface area contributed by atoms with E-state index in [1.807, 2.05) is 13.8 Å². The average molecular weight is 270 g/mol. The van der Waals surface area contributed by atoms with Crippen molar-refractivity contribution in [2.45, 2.75) is 64.0 Å². The molecule has 1 aliphatic heterocycles. The second-order valence-corrected chi connectivity index (χ2v) is 5.29. The van der Waals surface area contributed by atoms with Crippen LogP contribution in [0.5, 0.6) is 0 Å². The Morgan fingerprint density at radius 3 is 2.47 bits per heavy atom. The molecule has 1 aliphatic rings. The van der Waals surface area contributed by atoms with E-state index in [4.69, 9.17) is 10.5 Å². The molecule has 5 nitrogen and oxygen atoms in total. The van der Waals surface area contributed by atoms with Gasteiger partial charge in [0.15, 0.2) is 0 Å². The number of likely N-dealkylation sites (tertiary alicyclic amines) is 1. The number of piperidine rings is 1. The first-order chi connectivity index (χ1) is 8.98. The van der Waals surface area contributed by atoms with Gasteiger partial charge < -0.3 is 15.4 Å². The van der Waals surface area contributed by atoms with Crippen LogP contribution in [0.1, 0.15) is 52.4 Å². The molecule has 1 saturated heterocycles. The van der Waals surface area contributed by atoms with E-state index in [0.717, 1.165) is 19.3 Å². The molecule has 19 heavy (non-hydrogen) atoms. The zero-order valence-corrected chi connectivity index (χ0v) is 12.3. The van der Waals surface area contributed by atoms with Crippen molar-refractivity contribution in [1.29, 1.82) is 0 Å². The van der Waals surface area contributed by atoms with Crippen molar-refractivity contribution in [2.75, 3.05) is 13.7 Å². The summed E-state index contributed by atoms with van der Waals surface area (Å²) in [7, 11) is 1.38. The number of rotatable bonds is 5. The number of hydrogen-bond acceptors (Lipinski definition) is 4.